The number of likely N-dealkylation sites (tertiary alicyclic amines) is 1. The van der Waals surface area contributed by atoms with E-state index in [0.717, 1.165) is 26.1 Å². The van der Waals surface area contributed by atoms with Crippen molar-refractivity contribution in [2.24, 2.45) is 5.41 Å². The number of hydrogen-bond acceptors (Lipinski definition) is 4. The summed E-state index contributed by atoms with van der Waals surface area (Å²) in [6.45, 7) is 10.8. The van der Waals surface area contributed by atoms with Gasteiger partial charge >= 0.3 is 0 Å². The van der Waals surface area contributed by atoms with E-state index in [1.165, 1.54) is 36.9 Å². The van der Waals surface area contributed by atoms with Gasteiger partial charge in [-0.2, -0.15) is 0 Å². The largest absolute Gasteiger partial charge is 0.361 e. The van der Waals surface area contributed by atoms with Crippen molar-refractivity contribution in [3.05, 3.63) is 52.4 Å². The zero-order valence-electron chi connectivity index (χ0n) is 17.3. The SMILES string of the molecule is CCCN1CCCC2(Cc3ccccc3CN(C(=O)c3c(C)noc3C)C2)C1. The van der Waals surface area contributed by atoms with Crippen molar-refractivity contribution in [1.29, 1.82) is 0 Å². The molecule has 150 valence electrons. The smallest absolute Gasteiger partial charge is 0.259 e. The quantitative estimate of drug-likeness (QED) is 0.807. The second-order valence-corrected chi connectivity index (χ2v) is 8.69. The highest BCUT2D eigenvalue weighted by atomic mass is 16.5. The number of rotatable bonds is 3. The molecule has 3 heterocycles. The number of aromatic nitrogens is 1. The number of nitrogens with zero attached hydrogens (tertiary/aromatic N) is 3. The zero-order valence-corrected chi connectivity index (χ0v) is 17.3. The van der Waals surface area contributed by atoms with Gasteiger partial charge in [-0.1, -0.05) is 36.3 Å². The summed E-state index contributed by atoms with van der Waals surface area (Å²) >= 11 is 0. The first-order valence-corrected chi connectivity index (χ1v) is 10.5. The fourth-order valence-corrected chi connectivity index (χ4v) is 5.19. The fraction of sp³-hybridized carbons (Fsp3) is 0.565. The van der Waals surface area contributed by atoms with Crippen LogP contribution in [0.3, 0.4) is 0 Å². The summed E-state index contributed by atoms with van der Waals surface area (Å²) in [4.78, 5) is 18.2. The molecule has 28 heavy (non-hydrogen) atoms. The number of aryl methyl sites for hydroxylation is 2. The van der Waals surface area contributed by atoms with Crippen LogP contribution in [-0.4, -0.2) is 47.0 Å². The maximum absolute atomic E-state index is 13.5. The van der Waals surface area contributed by atoms with Crippen LogP contribution in [0.1, 0.15) is 59.1 Å². The predicted molar refractivity (Wildman–Crippen MR) is 109 cm³/mol. The molecule has 1 fully saturated rings. The van der Waals surface area contributed by atoms with E-state index in [9.17, 15) is 4.79 Å². The zero-order chi connectivity index (χ0) is 19.7. The fourth-order valence-electron chi connectivity index (χ4n) is 5.19. The van der Waals surface area contributed by atoms with Gasteiger partial charge < -0.3 is 14.3 Å². The maximum atomic E-state index is 13.5. The van der Waals surface area contributed by atoms with Crippen LogP contribution >= 0.6 is 0 Å². The van der Waals surface area contributed by atoms with Gasteiger partial charge in [-0.25, -0.2) is 0 Å². The van der Waals surface area contributed by atoms with Crippen molar-refractivity contribution in [3.8, 4) is 0 Å². The number of piperidine rings is 1. The summed E-state index contributed by atoms with van der Waals surface area (Å²) in [5, 5.41) is 4.01. The van der Waals surface area contributed by atoms with Gasteiger partial charge in [0.15, 0.2) is 0 Å². The first-order chi connectivity index (χ1) is 13.5. The third-order valence-corrected chi connectivity index (χ3v) is 6.39. The van der Waals surface area contributed by atoms with E-state index in [1.54, 1.807) is 0 Å². The first-order valence-electron chi connectivity index (χ1n) is 10.5. The molecule has 5 nitrogen and oxygen atoms in total. The topological polar surface area (TPSA) is 49.6 Å². The molecule has 1 spiro atoms. The standard InChI is InChI=1S/C23H31N3O2/c1-4-11-25-12-7-10-23(15-25)13-19-8-5-6-9-20(19)14-26(16-23)22(27)21-17(2)24-28-18(21)3/h5-6,8-9H,4,7,10-16H2,1-3H3. The maximum Gasteiger partial charge on any atom is 0.259 e. The molecular weight excluding hydrogens is 350 g/mol. The van der Waals surface area contributed by atoms with Gasteiger partial charge in [-0.15, -0.1) is 0 Å². The lowest BCUT2D eigenvalue weighted by atomic mass is 9.74. The molecule has 0 bridgehead atoms. The van der Waals surface area contributed by atoms with Crippen molar-refractivity contribution >= 4 is 5.91 Å². The van der Waals surface area contributed by atoms with Crippen molar-refractivity contribution < 1.29 is 9.32 Å². The van der Waals surface area contributed by atoms with Crippen molar-refractivity contribution in [2.45, 2.75) is 53.0 Å². The molecule has 1 aromatic carbocycles. The monoisotopic (exact) mass is 381 g/mol. The Bertz CT molecular complexity index is 838. The highest BCUT2D eigenvalue weighted by Crippen LogP contribution is 2.39. The summed E-state index contributed by atoms with van der Waals surface area (Å²) in [6.07, 6.45) is 4.60. The third-order valence-electron chi connectivity index (χ3n) is 6.39. The second kappa shape index (κ2) is 7.70. The van der Waals surface area contributed by atoms with E-state index in [1.807, 2.05) is 18.7 Å². The van der Waals surface area contributed by atoms with E-state index in [4.69, 9.17) is 4.52 Å². The van der Waals surface area contributed by atoms with Crippen LogP contribution in [0.15, 0.2) is 28.8 Å². The minimum absolute atomic E-state index is 0.0555. The second-order valence-electron chi connectivity index (χ2n) is 8.69. The molecule has 1 unspecified atom stereocenters. The molecule has 0 radical (unpaired) electrons. The van der Waals surface area contributed by atoms with Crippen molar-refractivity contribution in [2.75, 3.05) is 26.2 Å². The predicted octanol–water partition coefficient (Wildman–Crippen LogP) is 3.98. The lowest BCUT2D eigenvalue weighted by Gasteiger charge is -2.44. The molecule has 5 heteroatoms. The van der Waals surface area contributed by atoms with E-state index in [2.05, 4.69) is 41.2 Å². The number of carbonyl (C=O) groups excluding carboxylic acids is 1. The summed E-state index contributed by atoms with van der Waals surface area (Å²) in [5.74, 6) is 0.672. The number of hydrogen-bond donors (Lipinski definition) is 0. The average Bonchev–Trinajstić information content (AvgIpc) is 2.92. The van der Waals surface area contributed by atoms with Crippen LogP contribution < -0.4 is 0 Å². The van der Waals surface area contributed by atoms with E-state index < -0.39 is 0 Å². The van der Waals surface area contributed by atoms with Gasteiger partial charge in [0.1, 0.15) is 11.3 Å². The Morgan fingerprint density at radius 3 is 2.71 bits per heavy atom. The van der Waals surface area contributed by atoms with Gasteiger partial charge in [0.2, 0.25) is 0 Å². The lowest BCUT2D eigenvalue weighted by molar-refractivity contribution is 0.0406. The minimum atomic E-state index is 0.0555. The van der Waals surface area contributed by atoms with Gasteiger partial charge in [-0.05, 0) is 63.7 Å². The minimum Gasteiger partial charge on any atom is -0.361 e. The Labute approximate surface area is 167 Å². The summed E-state index contributed by atoms with van der Waals surface area (Å²) < 4.78 is 5.29. The molecule has 2 aromatic rings. The first kappa shape index (κ1) is 19.2. The summed E-state index contributed by atoms with van der Waals surface area (Å²) in [5.41, 5.74) is 4.11. The molecule has 2 aliphatic heterocycles. The van der Waals surface area contributed by atoms with Crippen LogP contribution in [-0.2, 0) is 13.0 Å². The Kier molecular flexibility index (Phi) is 5.28. The molecule has 0 saturated carbocycles. The Hall–Kier alpha value is -2.14. The Morgan fingerprint density at radius 1 is 1.21 bits per heavy atom. The van der Waals surface area contributed by atoms with Crippen LogP contribution in [0.4, 0.5) is 0 Å². The highest BCUT2D eigenvalue weighted by molar-refractivity contribution is 5.96. The van der Waals surface area contributed by atoms with Gasteiger partial charge in [0.25, 0.3) is 5.91 Å². The molecule has 4 rings (SSSR count). The molecule has 0 aliphatic carbocycles. The van der Waals surface area contributed by atoms with Crippen molar-refractivity contribution in [1.82, 2.24) is 15.0 Å². The molecule has 2 aliphatic rings. The van der Waals surface area contributed by atoms with Crippen LogP contribution in [0.25, 0.3) is 0 Å². The third kappa shape index (κ3) is 3.60. The molecule has 1 atom stereocenters. The number of fused-ring (bicyclic) bond motifs is 1. The normalized spacial score (nSPS) is 22.9. The molecule has 1 aromatic heterocycles. The Morgan fingerprint density at radius 2 is 2.00 bits per heavy atom. The lowest BCUT2D eigenvalue weighted by Crippen LogP contribution is -2.50. The highest BCUT2D eigenvalue weighted by Gasteiger charge is 2.41. The van der Waals surface area contributed by atoms with Gasteiger partial charge in [0, 0.05) is 25.0 Å². The number of amides is 1. The van der Waals surface area contributed by atoms with E-state index in [0.29, 0.717) is 23.6 Å². The molecule has 1 saturated heterocycles. The summed E-state index contributed by atoms with van der Waals surface area (Å²) in [6, 6.07) is 8.64. The number of carbonyl (C=O) groups is 1. The van der Waals surface area contributed by atoms with E-state index in [-0.39, 0.29) is 11.3 Å². The van der Waals surface area contributed by atoms with Crippen molar-refractivity contribution in [3.63, 3.8) is 0 Å². The summed E-state index contributed by atoms with van der Waals surface area (Å²) in [7, 11) is 0. The molecule has 0 N–H and O–H groups in total. The Balaban J connectivity index is 1.70. The molecule has 1 amide bonds. The molecular formula is C23H31N3O2. The van der Waals surface area contributed by atoms with Crippen LogP contribution in [0, 0.1) is 19.3 Å². The average molecular weight is 382 g/mol. The van der Waals surface area contributed by atoms with E-state index >= 15 is 0 Å². The number of benzene rings is 1. The van der Waals surface area contributed by atoms with Crippen LogP contribution in [0.2, 0.25) is 0 Å². The van der Waals surface area contributed by atoms with Gasteiger partial charge in [-0.3, -0.25) is 4.79 Å². The van der Waals surface area contributed by atoms with Crippen LogP contribution in [0.5, 0.6) is 0 Å². The van der Waals surface area contributed by atoms with Gasteiger partial charge in [0.05, 0.1) is 5.69 Å².